The SMILES string of the molecule is CCCN(C(=O)NCCC(=O)O)C(C)c1ccc(Cl)c(Cl)c1. The van der Waals surface area contributed by atoms with Gasteiger partial charge in [0, 0.05) is 13.1 Å². The van der Waals surface area contributed by atoms with Crippen LogP contribution in [-0.2, 0) is 4.79 Å². The molecule has 22 heavy (non-hydrogen) atoms. The van der Waals surface area contributed by atoms with E-state index in [0.29, 0.717) is 16.6 Å². The minimum atomic E-state index is -0.945. The average molecular weight is 347 g/mol. The maximum Gasteiger partial charge on any atom is 0.317 e. The number of hydrogen-bond donors (Lipinski definition) is 2. The van der Waals surface area contributed by atoms with E-state index in [1.165, 1.54) is 0 Å². The van der Waals surface area contributed by atoms with E-state index in [1.54, 1.807) is 17.0 Å². The predicted molar refractivity (Wildman–Crippen MR) is 87.5 cm³/mol. The van der Waals surface area contributed by atoms with Crippen LogP contribution in [0.5, 0.6) is 0 Å². The van der Waals surface area contributed by atoms with Gasteiger partial charge in [-0.25, -0.2) is 4.79 Å². The van der Waals surface area contributed by atoms with Crippen molar-refractivity contribution in [3.63, 3.8) is 0 Å². The van der Waals surface area contributed by atoms with Crippen molar-refractivity contribution in [1.29, 1.82) is 0 Å². The molecule has 0 aliphatic rings. The second-order valence-corrected chi connectivity index (χ2v) is 5.73. The molecular formula is C15H20Cl2N2O3. The van der Waals surface area contributed by atoms with Crippen LogP contribution in [0.4, 0.5) is 4.79 Å². The van der Waals surface area contributed by atoms with Crippen LogP contribution in [0.3, 0.4) is 0 Å². The summed E-state index contributed by atoms with van der Waals surface area (Å²) in [6, 6.07) is 4.77. The number of carboxylic acid groups (broad SMARTS) is 1. The highest BCUT2D eigenvalue weighted by molar-refractivity contribution is 6.42. The van der Waals surface area contributed by atoms with Crippen molar-refractivity contribution in [2.75, 3.05) is 13.1 Å². The standard InChI is InChI=1S/C15H20Cl2N2O3/c1-3-8-19(15(22)18-7-6-14(20)21)10(2)11-4-5-12(16)13(17)9-11/h4-5,9-10H,3,6-8H2,1-2H3,(H,18,22)(H,20,21). The number of aliphatic carboxylic acids is 1. The molecule has 0 saturated carbocycles. The van der Waals surface area contributed by atoms with Crippen LogP contribution in [0.1, 0.15) is 38.3 Å². The largest absolute Gasteiger partial charge is 0.481 e. The molecule has 1 aromatic rings. The summed E-state index contributed by atoms with van der Waals surface area (Å²) in [4.78, 5) is 24.4. The summed E-state index contributed by atoms with van der Waals surface area (Å²) < 4.78 is 0. The first-order chi connectivity index (χ1) is 10.4. The van der Waals surface area contributed by atoms with Crippen LogP contribution in [0.15, 0.2) is 18.2 Å². The van der Waals surface area contributed by atoms with Crippen molar-refractivity contribution in [3.8, 4) is 0 Å². The first-order valence-electron chi connectivity index (χ1n) is 7.08. The van der Waals surface area contributed by atoms with Gasteiger partial charge in [0.2, 0.25) is 0 Å². The maximum absolute atomic E-state index is 12.2. The van der Waals surface area contributed by atoms with E-state index in [4.69, 9.17) is 28.3 Å². The van der Waals surface area contributed by atoms with Gasteiger partial charge in [0.25, 0.3) is 0 Å². The van der Waals surface area contributed by atoms with Crippen LogP contribution in [-0.4, -0.2) is 35.1 Å². The number of halogens is 2. The highest BCUT2D eigenvalue weighted by Gasteiger charge is 2.21. The first-order valence-corrected chi connectivity index (χ1v) is 7.83. The van der Waals surface area contributed by atoms with Gasteiger partial charge in [-0.3, -0.25) is 4.79 Å². The molecular weight excluding hydrogens is 327 g/mol. The fourth-order valence-electron chi connectivity index (χ4n) is 2.04. The van der Waals surface area contributed by atoms with Gasteiger partial charge in [-0.05, 0) is 31.0 Å². The molecule has 7 heteroatoms. The number of carboxylic acids is 1. The van der Waals surface area contributed by atoms with E-state index in [0.717, 1.165) is 12.0 Å². The van der Waals surface area contributed by atoms with E-state index >= 15 is 0 Å². The topological polar surface area (TPSA) is 69.6 Å². The molecule has 0 fully saturated rings. The fourth-order valence-corrected chi connectivity index (χ4v) is 2.35. The van der Waals surface area contributed by atoms with Gasteiger partial charge in [0.1, 0.15) is 0 Å². The molecule has 0 saturated heterocycles. The Bertz CT molecular complexity index is 538. The van der Waals surface area contributed by atoms with Gasteiger partial charge >= 0.3 is 12.0 Å². The van der Waals surface area contributed by atoms with E-state index in [2.05, 4.69) is 5.32 Å². The molecule has 122 valence electrons. The summed E-state index contributed by atoms with van der Waals surface area (Å²) in [5, 5.41) is 12.1. The number of carbonyl (C=O) groups is 2. The zero-order valence-corrected chi connectivity index (χ0v) is 14.1. The minimum absolute atomic E-state index is 0.0997. The second kappa shape index (κ2) is 8.86. The highest BCUT2D eigenvalue weighted by Crippen LogP contribution is 2.28. The quantitative estimate of drug-likeness (QED) is 0.785. The lowest BCUT2D eigenvalue weighted by Crippen LogP contribution is -2.42. The minimum Gasteiger partial charge on any atom is -0.481 e. The molecule has 1 aromatic carbocycles. The van der Waals surface area contributed by atoms with E-state index in [1.807, 2.05) is 19.9 Å². The van der Waals surface area contributed by atoms with Crippen molar-refractivity contribution >= 4 is 35.2 Å². The lowest BCUT2D eigenvalue weighted by atomic mass is 10.1. The Hall–Kier alpha value is -1.46. The zero-order chi connectivity index (χ0) is 16.7. The van der Waals surface area contributed by atoms with Crippen molar-refractivity contribution in [2.24, 2.45) is 0 Å². The van der Waals surface area contributed by atoms with Gasteiger partial charge in [0.15, 0.2) is 0 Å². The maximum atomic E-state index is 12.2. The molecule has 1 atom stereocenters. The number of nitrogens with one attached hydrogen (secondary N) is 1. The van der Waals surface area contributed by atoms with E-state index < -0.39 is 5.97 Å². The average Bonchev–Trinajstić information content (AvgIpc) is 2.46. The summed E-state index contributed by atoms with van der Waals surface area (Å²) in [6.45, 7) is 4.52. The Labute approximate surface area is 140 Å². The zero-order valence-electron chi connectivity index (χ0n) is 12.6. The van der Waals surface area contributed by atoms with Crippen molar-refractivity contribution in [2.45, 2.75) is 32.7 Å². The molecule has 0 aliphatic carbocycles. The number of urea groups is 1. The Balaban J connectivity index is 2.81. The predicted octanol–water partition coefficient (Wildman–Crippen LogP) is 3.95. The molecule has 1 unspecified atom stereocenters. The number of nitrogens with zero attached hydrogens (tertiary/aromatic N) is 1. The Morgan fingerprint density at radius 1 is 1.32 bits per heavy atom. The van der Waals surface area contributed by atoms with Crippen molar-refractivity contribution < 1.29 is 14.7 Å². The molecule has 0 radical (unpaired) electrons. The number of hydrogen-bond acceptors (Lipinski definition) is 2. The normalized spacial score (nSPS) is 11.8. The Kier molecular flexibility index (Phi) is 7.48. The van der Waals surface area contributed by atoms with Gasteiger partial charge in [-0.2, -0.15) is 0 Å². The lowest BCUT2D eigenvalue weighted by Gasteiger charge is -2.29. The molecule has 2 N–H and O–H groups in total. The number of carbonyl (C=O) groups excluding carboxylic acids is 1. The highest BCUT2D eigenvalue weighted by atomic mass is 35.5. The van der Waals surface area contributed by atoms with Gasteiger partial charge in [-0.15, -0.1) is 0 Å². The third-order valence-corrected chi connectivity index (χ3v) is 3.97. The van der Waals surface area contributed by atoms with Crippen LogP contribution in [0.25, 0.3) is 0 Å². The van der Waals surface area contributed by atoms with Crippen LogP contribution in [0.2, 0.25) is 10.0 Å². The fraction of sp³-hybridized carbons (Fsp3) is 0.467. The third-order valence-electron chi connectivity index (χ3n) is 3.23. The second-order valence-electron chi connectivity index (χ2n) is 4.92. The lowest BCUT2D eigenvalue weighted by molar-refractivity contribution is -0.136. The first kappa shape index (κ1) is 18.6. The molecule has 0 heterocycles. The van der Waals surface area contributed by atoms with Crippen LogP contribution < -0.4 is 5.32 Å². The molecule has 0 bridgehead atoms. The summed E-state index contributed by atoms with van der Waals surface area (Å²) in [5.74, 6) is -0.945. The molecule has 0 spiro atoms. The molecule has 1 rings (SSSR count). The third kappa shape index (κ3) is 5.39. The van der Waals surface area contributed by atoms with E-state index in [9.17, 15) is 9.59 Å². The van der Waals surface area contributed by atoms with Crippen LogP contribution in [0, 0.1) is 0 Å². The van der Waals surface area contributed by atoms with Gasteiger partial charge in [0.05, 0.1) is 22.5 Å². The summed E-state index contributed by atoms with van der Waals surface area (Å²) >= 11 is 11.9. The summed E-state index contributed by atoms with van der Waals surface area (Å²) in [7, 11) is 0. The summed E-state index contributed by atoms with van der Waals surface area (Å²) in [6.07, 6.45) is 0.685. The molecule has 2 amide bonds. The monoisotopic (exact) mass is 346 g/mol. The number of rotatable bonds is 7. The van der Waals surface area contributed by atoms with Crippen LogP contribution >= 0.6 is 23.2 Å². The summed E-state index contributed by atoms with van der Waals surface area (Å²) in [5.41, 5.74) is 0.872. The number of benzene rings is 1. The molecule has 0 aromatic heterocycles. The molecule has 0 aliphatic heterocycles. The smallest absolute Gasteiger partial charge is 0.317 e. The Morgan fingerprint density at radius 2 is 2.00 bits per heavy atom. The van der Waals surface area contributed by atoms with Crippen molar-refractivity contribution in [1.82, 2.24) is 10.2 Å². The van der Waals surface area contributed by atoms with E-state index in [-0.39, 0.29) is 25.0 Å². The molecule has 5 nitrogen and oxygen atoms in total. The number of amides is 2. The van der Waals surface area contributed by atoms with Crippen molar-refractivity contribution in [3.05, 3.63) is 33.8 Å². The van der Waals surface area contributed by atoms with Gasteiger partial charge in [-0.1, -0.05) is 36.2 Å². The van der Waals surface area contributed by atoms with Gasteiger partial charge < -0.3 is 15.3 Å². The Morgan fingerprint density at radius 3 is 2.55 bits per heavy atom.